The molecule has 78 heavy (non-hydrogen) atoms. The molecule has 3 unspecified atom stereocenters. The lowest BCUT2D eigenvalue weighted by molar-refractivity contribution is -0.140. The number of nitrogens with zero attached hydrogens (tertiary/aromatic N) is 11. The number of phenols is 1. The molecule has 2 bridgehead atoms. The van der Waals surface area contributed by atoms with E-state index in [4.69, 9.17) is 19.7 Å². The Labute approximate surface area is 459 Å². The average molecular weight is 1080 g/mol. The number of hydrogen-bond donors (Lipinski definition) is 4. The van der Waals surface area contributed by atoms with Crippen LogP contribution in [-0.4, -0.2) is 184 Å². The van der Waals surface area contributed by atoms with E-state index in [0.717, 1.165) is 91.7 Å². The van der Waals surface area contributed by atoms with E-state index >= 15 is 0 Å². The van der Waals surface area contributed by atoms with Gasteiger partial charge in [0, 0.05) is 107 Å². The maximum absolute atomic E-state index is 14.1. The number of phenolic OH excluding ortho intramolecular Hbond substituents is 1. The van der Waals surface area contributed by atoms with Crippen LogP contribution in [0.15, 0.2) is 89.0 Å². The number of amides is 2. The van der Waals surface area contributed by atoms with Crippen molar-refractivity contribution in [1.82, 2.24) is 50.2 Å². The van der Waals surface area contributed by atoms with E-state index in [-0.39, 0.29) is 48.7 Å². The molecule has 0 spiro atoms. The number of hydrogen-bond acceptors (Lipinski definition) is 19. The van der Waals surface area contributed by atoms with E-state index in [1.807, 2.05) is 81.5 Å². The van der Waals surface area contributed by atoms with E-state index in [1.165, 1.54) is 16.2 Å². The van der Waals surface area contributed by atoms with Crippen LogP contribution in [0, 0.1) is 11.8 Å². The van der Waals surface area contributed by atoms with Crippen molar-refractivity contribution in [3.8, 4) is 51.0 Å². The Morgan fingerprint density at radius 3 is 2.35 bits per heavy atom. The number of β-amino-alcohol motifs (C(OH)–C–C–N with tert-alkyl or cyclic N) is 1. The number of aliphatic hydroxyl groups excluding tert-OH is 1. The number of anilines is 3. The molecule has 10 rings (SSSR count). The lowest BCUT2D eigenvalue weighted by Gasteiger charge is -2.43. The monoisotopic (exact) mass is 1080 g/mol. The zero-order valence-corrected chi connectivity index (χ0v) is 45.5. The van der Waals surface area contributed by atoms with Gasteiger partial charge in [0.2, 0.25) is 17.7 Å². The van der Waals surface area contributed by atoms with Crippen molar-refractivity contribution in [3.05, 3.63) is 102 Å². The van der Waals surface area contributed by atoms with Crippen molar-refractivity contribution in [2.45, 2.75) is 75.7 Å². The maximum Gasteiger partial charge on any atom is 0.254 e. The molecule has 0 aliphatic carbocycles. The van der Waals surface area contributed by atoms with Crippen molar-refractivity contribution in [1.29, 1.82) is 0 Å². The molecule has 4 aromatic heterocycles. The molecule has 4 fully saturated rings. The van der Waals surface area contributed by atoms with Crippen molar-refractivity contribution < 1.29 is 33.8 Å². The van der Waals surface area contributed by atoms with Crippen LogP contribution in [0.2, 0.25) is 0 Å². The lowest BCUT2D eigenvalue weighted by Crippen LogP contribution is -2.54. The number of benzene rings is 2. The van der Waals surface area contributed by atoms with Gasteiger partial charge in [0.05, 0.1) is 46.4 Å². The summed E-state index contributed by atoms with van der Waals surface area (Å²) >= 11 is 1.53. The zero-order valence-electron chi connectivity index (χ0n) is 44.7. The molecular weight excluding hydrogens is 1010 g/mol. The van der Waals surface area contributed by atoms with Gasteiger partial charge < -0.3 is 50.0 Å². The standard InChI is InChI=1S/C57H69N13O7S/c1-5-44(57(74)69-35-43(71)30-49(69)56(73)61-37(2)38-12-14-39(15-13-38)54-46(60-36-78-54)10-8-20-65(3)4)51-32-53(64-77-51)76-28-26-67-23-21-66(22-24-67)25-27-75-52-29-40(18-19-59-52)70-41-16-17-42(70)34-68(33-41)48-31-47(62-63-55(48)58)45-9-6-7-11-50(45)72/h6-7,9,11-15,18-19,29,31-32,36-37,41-44,49,71-72H,5,16-17,20-28,30,33-35H2,1-4H3,(H2,58,63)(H,61,73)/t37-,41?,42?,43+,44?,49-/m0/s1. The minimum Gasteiger partial charge on any atom is -0.507 e. The fraction of sp³-hybridized carbons (Fsp3) is 0.456. The van der Waals surface area contributed by atoms with Crippen molar-refractivity contribution in [3.63, 3.8) is 0 Å². The number of carbonyl (C=O) groups excluding carboxylic acids is 2. The highest BCUT2D eigenvalue weighted by molar-refractivity contribution is 7.13. The third kappa shape index (κ3) is 12.5. The fourth-order valence-electron chi connectivity index (χ4n) is 11.1. The van der Waals surface area contributed by atoms with Gasteiger partial charge in [0.1, 0.15) is 30.7 Å². The molecule has 4 saturated heterocycles. The van der Waals surface area contributed by atoms with Crippen LogP contribution in [0.5, 0.6) is 17.5 Å². The summed E-state index contributed by atoms with van der Waals surface area (Å²) < 4.78 is 17.9. The summed E-state index contributed by atoms with van der Waals surface area (Å²) in [5.74, 6) is 6.78. The maximum atomic E-state index is 14.1. The molecule has 4 aliphatic rings. The molecule has 4 aliphatic heterocycles. The SMILES string of the molecule is CCC(C(=O)N1C[C@H](O)C[C@H]1C(=O)N[C@@H](C)c1ccc(-c2scnc2C#CCN(C)C)cc1)c1cc(OCCN2CCN(CCOc3cc(N4C5CCC4CN(c4cc(-c6ccccc6O)nnc4N)C5)ccn3)CC2)no1. The van der Waals surface area contributed by atoms with E-state index in [2.05, 4.69) is 74.2 Å². The van der Waals surface area contributed by atoms with Gasteiger partial charge in [-0.2, -0.15) is 0 Å². The number of aromatic nitrogens is 5. The fourth-order valence-corrected chi connectivity index (χ4v) is 11.8. The van der Waals surface area contributed by atoms with Gasteiger partial charge in [0.15, 0.2) is 11.6 Å². The molecule has 6 aromatic rings. The molecule has 410 valence electrons. The molecular formula is C57H69N13O7S. The van der Waals surface area contributed by atoms with Crippen LogP contribution in [0.4, 0.5) is 17.2 Å². The first kappa shape index (κ1) is 54.0. The molecule has 2 amide bonds. The van der Waals surface area contributed by atoms with Gasteiger partial charge in [-0.3, -0.25) is 24.3 Å². The summed E-state index contributed by atoms with van der Waals surface area (Å²) in [6.45, 7) is 12.0. The van der Waals surface area contributed by atoms with E-state index in [1.54, 1.807) is 23.7 Å². The molecule has 0 radical (unpaired) electrons. The lowest BCUT2D eigenvalue weighted by atomic mass is 10.0. The largest absolute Gasteiger partial charge is 0.507 e. The van der Waals surface area contributed by atoms with Gasteiger partial charge >= 0.3 is 0 Å². The molecule has 5 N–H and O–H groups in total. The Hall–Kier alpha value is -7.35. The Balaban J connectivity index is 0.646. The van der Waals surface area contributed by atoms with E-state index < -0.39 is 18.1 Å². The van der Waals surface area contributed by atoms with Crippen LogP contribution in [0.25, 0.3) is 21.7 Å². The van der Waals surface area contributed by atoms with Gasteiger partial charge in [-0.25, -0.2) is 9.97 Å². The van der Waals surface area contributed by atoms with Gasteiger partial charge in [-0.15, -0.1) is 21.5 Å². The third-order valence-electron chi connectivity index (χ3n) is 15.2. The van der Waals surface area contributed by atoms with E-state index in [9.17, 15) is 19.8 Å². The Bertz CT molecular complexity index is 3070. The predicted molar refractivity (Wildman–Crippen MR) is 298 cm³/mol. The smallest absolute Gasteiger partial charge is 0.254 e. The summed E-state index contributed by atoms with van der Waals surface area (Å²) in [5, 5.41) is 36.9. The van der Waals surface area contributed by atoms with Crippen molar-refractivity contribution >= 4 is 40.3 Å². The number of para-hydroxylation sites is 1. The second-order valence-corrected chi connectivity index (χ2v) is 21.6. The quantitative estimate of drug-likeness (QED) is 0.0772. The van der Waals surface area contributed by atoms with Gasteiger partial charge in [-0.05, 0) is 86.8 Å². The molecule has 2 aromatic carbocycles. The molecule has 0 saturated carbocycles. The van der Waals surface area contributed by atoms with Crippen LogP contribution >= 0.6 is 11.3 Å². The van der Waals surface area contributed by atoms with Crippen LogP contribution in [-0.2, 0) is 9.59 Å². The minimum absolute atomic E-state index is 0.0456. The van der Waals surface area contributed by atoms with Gasteiger partial charge in [0.25, 0.3) is 5.88 Å². The summed E-state index contributed by atoms with van der Waals surface area (Å²) in [4.78, 5) is 50.9. The number of ether oxygens (including phenoxy) is 2. The highest BCUT2D eigenvalue weighted by Crippen LogP contribution is 2.40. The molecule has 8 heterocycles. The van der Waals surface area contributed by atoms with Gasteiger partial charge in [-0.1, -0.05) is 49.2 Å². The predicted octanol–water partition coefficient (Wildman–Crippen LogP) is 5.12. The normalized spacial score (nSPS) is 20.4. The number of rotatable bonds is 19. The third-order valence-corrected chi connectivity index (χ3v) is 16.1. The van der Waals surface area contributed by atoms with Crippen LogP contribution in [0.1, 0.15) is 68.5 Å². The number of thiazole rings is 1. The minimum atomic E-state index is -0.841. The number of pyridine rings is 1. The number of nitrogen functional groups attached to an aromatic ring is 1. The second-order valence-electron chi connectivity index (χ2n) is 20.8. The molecule has 21 heteroatoms. The number of aromatic hydroxyl groups is 1. The highest BCUT2D eigenvalue weighted by Gasteiger charge is 2.43. The second kappa shape index (κ2) is 24.5. The number of likely N-dealkylation sites (tertiary alicyclic amines) is 1. The Kier molecular flexibility index (Phi) is 17.0. The summed E-state index contributed by atoms with van der Waals surface area (Å²) in [6, 6.07) is 22.2. The molecule has 6 atom stereocenters. The number of nitrogens with one attached hydrogen (secondary N) is 1. The number of piperazine rings is 2. The Morgan fingerprint density at radius 2 is 1.64 bits per heavy atom. The van der Waals surface area contributed by atoms with Crippen molar-refractivity contribution in [2.75, 3.05) is 108 Å². The van der Waals surface area contributed by atoms with Crippen LogP contribution < -0.4 is 30.3 Å². The first-order chi connectivity index (χ1) is 37.9. The zero-order chi connectivity index (χ0) is 54.3. The number of aliphatic hydroxyl groups is 1. The summed E-state index contributed by atoms with van der Waals surface area (Å²) in [7, 11) is 3.95. The first-order valence-corrected chi connectivity index (χ1v) is 27.8. The van der Waals surface area contributed by atoms with Crippen LogP contribution in [0.3, 0.4) is 0 Å². The molecule has 20 nitrogen and oxygen atoms in total. The number of carbonyl (C=O) groups is 2. The highest BCUT2D eigenvalue weighted by atomic mass is 32.1. The Morgan fingerprint density at radius 1 is 0.923 bits per heavy atom. The van der Waals surface area contributed by atoms with E-state index in [0.29, 0.717) is 67.3 Å². The first-order valence-electron chi connectivity index (χ1n) is 26.9. The topological polar surface area (TPSA) is 228 Å². The van der Waals surface area contributed by atoms with Crippen molar-refractivity contribution in [2.24, 2.45) is 0 Å². The average Bonchev–Trinajstić information content (AvgIpc) is 4.35. The summed E-state index contributed by atoms with van der Waals surface area (Å²) in [6.07, 6.45) is 3.66. The summed E-state index contributed by atoms with van der Waals surface area (Å²) in [5.41, 5.74) is 14.0. The number of nitrogens with two attached hydrogens (primary N) is 1. The number of fused-ring (bicyclic) bond motifs is 2.